The summed E-state index contributed by atoms with van der Waals surface area (Å²) >= 11 is 3.37. The van der Waals surface area contributed by atoms with Crippen LogP contribution in [0.1, 0.15) is 12.1 Å². The third-order valence-corrected chi connectivity index (χ3v) is 4.83. The molecule has 0 saturated heterocycles. The van der Waals surface area contributed by atoms with E-state index in [-0.39, 0.29) is 11.7 Å². The normalized spacial score (nSPS) is 11.0. The first-order chi connectivity index (χ1) is 13.5. The van der Waals surface area contributed by atoms with E-state index < -0.39 is 0 Å². The Hall–Kier alpha value is -2.51. The summed E-state index contributed by atoms with van der Waals surface area (Å²) in [6.45, 7) is 1.12. The highest BCUT2D eigenvalue weighted by atomic mass is 79.9. The van der Waals surface area contributed by atoms with Crippen molar-refractivity contribution in [2.24, 2.45) is 0 Å². The molecule has 1 aromatic heterocycles. The number of aromatic nitrogens is 2. The number of likely N-dealkylation sites (N-methyl/N-ethyl adjacent to an activating group) is 1. The minimum atomic E-state index is -0.258. The minimum Gasteiger partial charge on any atom is -0.325 e. The third kappa shape index (κ3) is 6.00. The molecule has 0 aliphatic heterocycles. The van der Waals surface area contributed by atoms with Gasteiger partial charge in [-0.05, 0) is 81.0 Å². The van der Waals surface area contributed by atoms with Gasteiger partial charge in [0.05, 0.1) is 12.2 Å². The molecule has 5 nitrogen and oxygen atoms in total. The maximum absolute atomic E-state index is 13.0. The van der Waals surface area contributed by atoms with E-state index in [1.807, 2.05) is 42.3 Å². The Labute approximate surface area is 172 Å². The lowest BCUT2D eigenvalue weighted by molar-refractivity contribution is -0.117. The summed E-state index contributed by atoms with van der Waals surface area (Å²) in [5.74, 6) is -0.295. The molecule has 0 aliphatic rings. The molecule has 0 radical (unpaired) electrons. The molecule has 0 atom stereocenters. The number of carbonyl (C=O) groups excluding carboxylic acids is 1. The van der Waals surface area contributed by atoms with Crippen molar-refractivity contribution >= 4 is 27.5 Å². The van der Waals surface area contributed by atoms with E-state index in [9.17, 15) is 9.18 Å². The van der Waals surface area contributed by atoms with Crippen LogP contribution in [0.15, 0.2) is 59.1 Å². The summed E-state index contributed by atoms with van der Waals surface area (Å²) < 4.78 is 14.0. The van der Waals surface area contributed by atoms with Crippen molar-refractivity contribution in [1.82, 2.24) is 15.1 Å². The molecule has 0 bridgehead atoms. The van der Waals surface area contributed by atoms with Crippen LogP contribution in [-0.4, -0.2) is 41.1 Å². The summed E-state index contributed by atoms with van der Waals surface area (Å²) in [5, 5.41) is 10.2. The van der Waals surface area contributed by atoms with Crippen LogP contribution in [0.2, 0.25) is 0 Å². The number of amides is 1. The number of H-pyrrole nitrogens is 1. The highest BCUT2D eigenvalue weighted by Crippen LogP contribution is 2.18. The van der Waals surface area contributed by atoms with E-state index in [0.29, 0.717) is 6.54 Å². The summed E-state index contributed by atoms with van der Waals surface area (Å²) in [4.78, 5) is 14.1. The average Bonchev–Trinajstić information content (AvgIpc) is 3.13. The van der Waals surface area contributed by atoms with Crippen LogP contribution in [0, 0.1) is 5.82 Å². The van der Waals surface area contributed by atoms with Gasteiger partial charge in [0.1, 0.15) is 5.82 Å². The number of halogens is 2. The molecule has 146 valence electrons. The lowest BCUT2D eigenvalue weighted by atomic mass is 10.1. The summed E-state index contributed by atoms with van der Waals surface area (Å²) in [7, 11) is 1.93. The lowest BCUT2D eigenvalue weighted by Crippen LogP contribution is -2.31. The lowest BCUT2D eigenvalue weighted by Gasteiger charge is -2.16. The van der Waals surface area contributed by atoms with Crippen LogP contribution >= 0.6 is 15.9 Å². The second-order valence-electron chi connectivity index (χ2n) is 6.68. The molecule has 1 heterocycles. The van der Waals surface area contributed by atoms with Gasteiger partial charge in [-0.3, -0.25) is 14.8 Å². The number of anilines is 1. The van der Waals surface area contributed by atoms with Crippen molar-refractivity contribution in [2.45, 2.75) is 12.8 Å². The fourth-order valence-electron chi connectivity index (χ4n) is 2.86. The molecule has 0 spiro atoms. The van der Waals surface area contributed by atoms with Crippen molar-refractivity contribution in [3.05, 3.63) is 70.6 Å². The number of nitrogens with zero attached hydrogens (tertiary/aromatic N) is 2. The third-order valence-electron chi connectivity index (χ3n) is 4.30. The number of nitrogens with one attached hydrogen (secondary N) is 2. The van der Waals surface area contributed by atoms with E-state index in [2.05, 4.69) is 31.4 Å². The largest absolute Gasteiger partial charge is 0.325 e. The van der Waals surface area contributed by atoms with Gasteiger partial charge in [0.15, 0.2) is 0 Å². The topological polar surface area (TPSA) is 61.0 Å². The molecular weight excluding hydrogens is 423 g/mol. The fourth-order valence-corrected chi connectivity index (χ4v) is 3.12. The van der Waals surface area contributed by atoms with E-state index in [1.54, 1.807) is 12.1 Å². The maximum atomic E-state index is 13.0. The second kappa shape index (κ2) is 9.61. The monoisotopic (exact) mass is 444 g/mol. The Balaban J connectivity index is 1.41. The Morgan fingerprint density at radius 2 is 1.89 bits per heavy atom. The summed E-state index contributed by atoms with van der Waals surface area (Å²) in [6, 6.07) is 15.8. The fraction of sp³-hybridized carbons (Fsp3) is 0.238. The Kier molecular flexibility index (Phi) is 6.95. The molecule has 2 aromatic carbocycles. The number of carbonyl (C=O) groups is 1. The molecular formula is C21H22BrFN4O. The highest BCUT2D eigenvalue weighted by molar-refractivity contribution is 9.10. The van der Waals surface area contributed by atoms with Gasteiger partial charge in [-0.15, -0.1) is 0 Å². The zero-order valence-electron chi connectivity index (χ0n) is 15.6. The van der Waals surface area contributed by atoms with Crippen molar-refractivity contribution in [1.29, 1.82) is 0 Å². The molecule has 0 aliphatic carbocycles. The molecule has 28 heavy (non-hydrogen) atoms. The zero-order chi connectivity index (χ0) is 19.9. The molecule has 0 fully saturated rings. The molecule has 2 N–H and O–H groups in total. The van der Waals surface area contributed by atoms with Crippen LogP contribution in [0.3, 0.4) is 0 Å². The number of aryl methyl sites for hydroxylation is 1. The van der Waals surface area contributed by atoms with Crippen LogP contribution in [0.4, 0.5) is 10.1 Å². The maximum Gasteiger partial charge on any atom is 0.238 e. The standard InChI is InChI=1S/C21H22BrFN4O/c1-27(14-21(28)24-18-10-6-16(22)7-11-18)12-2-3-19-13-20(26-25-19)15-4-8-17(23)9-5-15/h4-11,13H,2-3,12,14H2,1H3,(H,24,28)(H,25,26). The average molecular weight is 445 g/mol. The van der Waals surface area contributed by atoms with Crippen LogP contribution in [-0.2, 0) is 11.2 Å². The van der Waals surface area contributed by atoms with Gasteiger partial charge in [-0.2, -0.15) is 5.10 Å². The van der Waals surface area contributed by atoms with Gasteiger partial charge >= 0.3 is 0 Å². The molecule has 0 unspecified atom stereocenters. The Morgan fingerprint density at radius 1 is 1.18 bits per heavy atom. The number of hydrogen-bond acceptors (Lipinski definition) is 3. The minimum absolute atomic E-state index is 0.0371. The predicted octanol–water partition coefficient (Wildman–Crippen LogP) is 4.48. The molecule has 3 rings (SSSR count). The summed E-state index contributed by atoms with van der Waals surface area (Å²) in [5.41, 5.74) is 3.49. The number of aromatic amines is 1. The van der Waals surface area contributed by atoms with Gasteiger partial charge in [0.25, 0.3) is 0 Å². The Bertz CT molecular complexity index is 909. The van der Waals surface area contributed by atoms with E-state index in [0.717, 1.165) is 46.5 Å². The zero-order valence-corrected chi connectivity index (χ0v) is 17.2. The summed E-state index contributed by atoms with van der Waals surface area (Å²) in [6.07, 6.45) is 1.72. The van der Waals surface area contributed by atoms with Crippen molar-refractivity contribution in [3.8, 4) is 11.3 Å². The van der Waals surface area contributed by atoms with Crippen LogP contribution in [0.25, 0.3) is 11.3 Å². The van der Waals surface area contributed by atoms with Gasteiger partial charge in [-0.1, -0.05) is 15.9 Å². The Morgan fingerprint density at radius 3 is 2.61 bits per heavy atom. The molecule has 1 amide bonds. The van der Waals surface area contributed by atoms with E-state index >= 15 is 0 Å². The predicted molar refractivity (Wildman–Crippen MR) is 113 cm³/mol. The first-order valence-corrected chi connectivity index (χ1v) is 9.83. The van der Waals surface area contributed by atoms with Crippen molar-refractivity contribution in [2.75, 3.05) is 25.5 Å². The number of hydrogen-bond donors (Lipinski definition) is 2. The van der Waals surface area contributed by atoms with Crippen LogP contribution in [0.5, 0.6) is 0 Å². The number of benzene rings is 2. The quantitative estimate of drug-likeness (QED) is 0.538. The smallest absolute Gasteiger partial charge is 0.238 e. The second-order valence-corrected chi connectivity index (χ2v) is 7.60. The van der Waals surface area contributed by atoms with Gasteiger partial charge < -0.3 is 5.32 Å². The first kappa shape index (κ1) is 20.2. The number of rotatable bonds is 8. The van der Waals surface area contributed by atoms with Crippen molar-refractivity contribution < 1.29 is 9.18 Å². The van der Waals surface area contributed by atoms with Gasteiger partial charge in [0.2, 0.25) is 5.91 Å². The van der Waals surface area contributed by atoms with Gasteiger partial charge in [-0.25, -0.2) is 4.39 Å². The van der Waals surface area contributed by atoms with E-state index in [4.69, 9.17) is 0 Å². The molecule has 3 aromatic rings. The SMILES string of the molecule is CN(CCCc1cc(-c2ccc(F)cc2)n[nH]1)CC(=O)Nc1ccc(Br)cc1. The first-order valence-electron chi connectivity index (χ1n) is 9.04. The van der Waals surface area contributed by atoms with Gasteiger partial charge in [0, 0.05) is 21.4 Å². The van der Waals surface area contributed by atoms with Crippen LogP contribution < -0.4 is 5.32 Å². The molecule has 0 saturated carbocycles. The van der Waals surface area contributed by atoms with Crippen molar-refractivity contribution in [3.63, 3.8) is 0 Å². The highest BCUT2D eigenvalue weighted by Gasteiger charge is 2.08. The molecule has 7 heteroatoms. The van der Waals surface area contributed by atoms with E-state index in [1.165, 1.54) is 12.1 Å².